The molecule has 3 aromatic rings. The Bertz CT molecular complexity index is 947. The van der Waals surface area contributed by atoms with E-state index >= 15 is 0 Å². The van der Waals surface area contributed by atoms with Gasteiger partial charge in [0, 0.05) is 30.6 Å². The molecule has 1 saturated heterocycles. The van der Waals surface area contributed by atoms with Gasteiger partial charge in [-0.2, -0.15) is 5.10 Å². The Morgan fingerprint density at radius 2 is 2.10 bits per heavy atom. The Balaban J connectivity index is 1.39. The second-order valence-corrected chi connectivity index (χ2v) is 8.66. The molecule has 1 fully saturated rings. The molecule has 6 nitrogen and oxygen atoms in total. The molecule has 1 aliphatic rings. The van der Waals surface area contributed by atoms with E-state index in [2.05, 4.69) is 34.5 Å². The highest BCUT2D eigenvalue weighted by Gasteiger charge is 2.37. The molecule has 3 heterocycles. The number of thiazole rings is 1. The van der Waals surface area contributed by atoms with E-state index in [-0.39, 0.29) is 17.9 Å². The minimum Gasteiger partial charge on any atom is -0.371 e. The number of aromatic nitrogens is 3. The maximum absolute atomic E-state index is 12.8. The standard InChI is InChI=1S/C22H26N4O2S/c1-15-16(2)29-20(25-15)9-11-23-22(27)18-10-13-28-21(18)19-8-12-24-26(19)14-17-6-4-3-5-7-17/h3-8,12,18,21H,9-11,13-14H2,1-2H3,(H,23,27)/t18-,21-/m0/s1. The fourth-order valence-corrected chi connectivity index (χ4v) is 4.63. The second-order valence-electron chi connectivity index (χ2n) is 7.38. The summed E-state index contributed by atoms with van der Waals surface area (Å²) < 4.78 is 7.90. The van der Waals surface area contributed by atoms with Crippen molar-refractivity contribution < 1.29 is 9.53 Å². The summed E-state index contributed by atoms with van der Waals surface area (Å²) in [6, 6.07) is 12.2. The zero-order valence-corrected chi connectivity index (χ0v) is 17.6. The predicted octanol–water partition coefficient (Wildman–Crippen LogP) is 3.44. The number of amides is 1. The SMILES string of the molecule is Cc1nc(CCNC(=O)[C@H]2CCO[C@@H]2c2ccnn2Cc2ccccc2)sc1C. The third-order valence-electron chi connectivity index (χ3n) is 5.36. The van der Waals surface area contributed by atoms with Crippen molar-refractivity contribution >= 4 is 17.2 Å². The highest BCUT2D eigenvalue weighted by atomic mass is 32.1. The van der Waals surface area contributed by atoms with Crippen molar-refractivity contribution in [2.24, 2.45) is 5.92 Å². The summed E-state index contributed by atoms with van der Waals surface area (Å²) in [5.74, 6) is -0.147. The summed E-state index contributed by atoms with van der Waals surface area (Å²) >= 11 is 1.70. The number of carbonyl (C=O) groups excluding carboxylic acids is 1. The first-order valence-electron chi connectivity index (χ1n) is 9.99. The minimum absolute atomic E-state index is 0.0463. The van der Waals surface area contributed by atoms with E-state index in [0.717, 1.165) is 29.2 Å². The summed E-state index contributed by atoms with van der Waals surface area (Å²) in [5, 5.41) is 8.61. The van der Waals surface area contributed by atoms with Crippen molar-refractivity contribution in [3.05, 3.63) is 69.4 Å². The minimum atomic E-state index is -0.259. The first kappa shape index (κ1) is 19.8. The number of ether oxygens (including phenoxy) is 1. The van der Waals surface area contributed by atoms with E-state index in [4.69, 9.17) is 4.74 Å². The first-order chi connectivity index (χ1) is 14.1. The fraction of sp³-hybridized carbons (Fsp3) is 0.409. The average Bonchev–Trinajstić information content (AvgIpc) is 3.43. The molecule has 0 bridgehead atoms. The predicted molar refractivity (Wildman–Crippen MR) is 113 cm³/mol. The largest absolute Gasteiger partial charge is 0.371 e. The second kappa shape index (κ2) is 8.88. The summed E-state index contributed by atoms with van der Waals surface area (Å²) in [6.45, 7) is 5.95. The molecule has 1 amide bonds. The monoisotopic (exact) mass is 410 g/mol. The smallest absolute Gasteiger partial charge is 0.226 e. The third kappa shape index (κ3) is 4.57. The molecule has 0 unspecified atom stereocenters. The molecular weight excluding hydrogens is 384 g/mol. The van der Waals surface area contributed by atoms with Crippen molar-refractivity contribution in [3.63, 3.8) is 0 Å². The Kier molecular flexibility index (Phi) is 6.06. The summed E-state index contributed by atoms with van der Waals surface area (Å²) in [5.41, 5.74) is 3.20. The summed E-state index contributed by atoms with van der Waals surface area (Å²) in [6.07, 6.45) is 3.00. The molecule has 4 rings (SSSR count). The molecule has 0 spiro atoms. The van der Waals surface area contributed by atoms with Crippen molar-refractivity contribution in [3.8, 4) is 0 Å². The van der Waals surface area contributed by atoms with E-state index in [1.807, 2.05) is 35.9 Å². The summed E-state index contributed by atoms with van der Waals surface area (Å²) in [7, 11) is 0. The number of carbonyl (C=O) groups is 1. The number of aryl methyl sites for hydroxylation is 2. The molecule has 0 saturated carbocycles. The lowest BCUT2D eigenvalue weighted by Crippen LogP contribution is -2.34. The molecule has 0 radical (unpaired) electrons. The van der Waals surface area contributed by atoms with Crippen LogP contribution in [0.25, 0.3) is 0 Å². The van der Waals surface area contributed by atoms with Crippen LogP contribution in [0.1, 0.15) is 39.4 Å². The molecule has 1 aromatic carbocycles. The van der Waals surface area contributed by atoms with Crippen LogP contribution in [0.4, 0.5) is 0 Å². The van der Waals surface area contributed by atoms with Gasteiger partial charge in [0.15, 0.2) is 0 Å². The number of nitrogens with zero attached hydrogens (tertiary/aromatic N) is 3. The molecule has 2 atom stereocenters. The number of nitrogens with one attached hydrogen (secondary N) is 1. The lowest BCUT2D eigenvalue weighted by Gasteiger charge is -2.19. The van der Waals surface area contributed by atoms with Crippen molar-refractivity contribution in [2.45, 2.75) is 39.3 Å². The lowest BCUT2D eigenvalue weighted by atomic mass is 9.97. The normalized spacial score (nSPS) is 18.8. The molecule has 7 heteroatoms. The number of rotatable bonds is 7. The quantitative estimate of drug-likeness (QED) is 0.648. The van der Waals surface area contributed by atoms with Gasteiger partial charge in [-0.05, 0) is 31.9 Å². The van der Waals surface area contributed by atoms with Gasteiger partial charge in [0.1, 0.15) is 6.10 Å². The topological polar surface area (TPSA) is 69.0 Å². The molecule has 1 N–H and O–H groups in total. The maximum atomic E-state index is 12.8. The fourth-order valence-electron chi connectivity index (χ4n) is 3.69. The van der Waals surface area contributed by atoms with Gasteiger partial charge in [-0.25, -0.2) is 4.98 Å². The van der Waals surface area contributed by atoms with E-state index < -0.39 is 0 Å². The average molecular weight is 411 g/mol. The van der Waals surface area contributed by atoms with Crippen LogP contribution in [-0.2, 0) is 22.5 Å². The highest BCUT2D eigenvalue weighted by molar-refractivity contribution is 7.11. The van der Waals surface area contributed by atoms with Crippen LogP contribution in [0.3, 0.4) is 0 Å². The molecular formula is C22H26N4O2S. The van der Waals surface area contributed by atoms with Crippen LogP contribution in [-0.4, -0.2) is 33.8 Å². The van der Waals surface area contributed by atoms with Crippen LogP contribution in [0.2, 0.25) is 0 Å². The van der Waals surface area contributed by atoms with E-state index in [0.29, 0.717) is 19.7 Å². The van der Waals surface area contributed by atoms with Crippen LogP contribution < -0.4 is 5.32 Å². The van der Waals surface area contributed by atoms with Gasteiger partial charge in [-0.15, -0.1) is 11.3 Å². The maximum Gasteiger partial charge on any atom is 0.226 e. The zero-order chi connectivity index (χ0) is 20.2. The van der Waals surface area contributed by atoms with E-state index in [1.54, 1.807) is 17.5 Å². The lowest BCUT2D eigenvalue weighted by molar-refractivity contribution is -0.126. The Hall–Kier alpha value is -2.51. The molecule has 2 aromatic heterocycles. The van der Waals surface area contributed by atoms with Gasteiger partial charge in [-0.1, -0.05) is 30.3 Å². The van der Waals surface area contributed by atoms with Crippen LogP contribution in [0, 0.1) is 19.8 Å². The van der Waals surface area contributed by atoms with Crippen molar-refractivity contribution in [2.75, 3.05) is 13.2 Å². The van der Waals surface area contributed by atoms with Gasteiger partial charge in [-0.3, -0.25) is 9.48 Å². The van der Waals surface area contributed by atoms with Crippen LogP contribution in [0.15, 0.2) is 42.6 Å². The van der Waals surface area contributed by atoms with E-state index in [1.165, 1.54) is 10.4 Å². The zero-order valence-electron chi connectivity index (χ0n) is 16.8. The van der Waals surface area contributed by atoms with Gasteiger partial charge in [0.05, 0.1) is 28.9 Å². The van der Waals surface area contributed by atoms with Gasteiger partial charge in [0.2, 0.25) is 5.91 Å². The van der Waals surface area contributed by atoms with Gasteiger partial charge >= 0.3 is 0 Å². The van der Waals surface area contributed by atoms with Gasteiger partial charge < -0.3 is 10.1 Å². The molecule has 152 valence electrons. The first-order valence-corrected chi connectivity index (χ1v) is 10.8. The van der Waals surface area contributed by atoms with Gasteiger partial charge in [0.25, 0.3) is 0 Å². The number of benzene rings is 1. The van der Waals surface area contributed by atoms with Crippen LogP contribution >= 0.6 is 11.3 Å². The Labute approximate surface area is 174 Å². The number of hydrogen-bond donors (Lipinski definition) is 1. The van der Waals surface area contributed by atoms with Crippen molar-refractivity contribution in [1.82, 2.24) is 20.1 Å². The molecule has 0 aliphatic carbocycles. The Morgan fingerprint density at radius 1 is 1.28 bits per heavy atom. The van der Waals surface area contributed by atoms with Crippen LogP contribution in [0.5, 0.6) is 0 Å². The van der Waals surface area contributed by atoms with E-state index in [9.17, 15) is 4.79 Å². The third-order valence-corrected chi connectivity index (χ3v) is 6.49. The molecule has 29 heavy (non-hydrogen) atoms. The summed E-state index contributed by atoms with van der Waals surface area (Å²) in [4.78, 5) is 18.6. The van der Waals surface area contributed by atoms with Crippen molar-refractivity contribution in [1.29, 1.82) is 0 Å². The Morgan fingerprint density at radius 3 is 2.86 bits per heavy atom. The number of hydrogen-bond acceptors (Lipinski definition) is 5. The molecule has 1 aliphatic heterocycles. The highest BCUT2D eigenvalue weighted by Crippen LogP contribution is 2.34.